The van der Waals surface area contributed by atoms with Crippen LogP contribution < -0.4 is 10.2 Å². The molecular weight excluding hydrogens is 308 g/mol. The second-order valence-electron chi connectivity index (χ2n) is 6.58. The van der Waals surface area contributed by atoms with E-state index < -0.39 is 10.8 Å². The van der Waals surface area contributed by atoms with Gasteiger partial charge in [-0.1, -0.05) is 19.1 Å². The predicted octanol–water partition coefficient (Wildman–Crippen LogP) is 2.46. The molecule has 1 aliphatic rings. The van der Waals surface area contributed by atoms with Crippen molar-refractivity contribution in [1.82, 2.24) is 5.32 Å². The Labute approximate surface area is 142 Å². The van der Waals surface area contributed by atoms with Gasteiger partial charge in [0.15, 0.2) is 0 Å². The molecule has 5 heteroatoms. The summed E-state index contributed by atoms with van der Waals surface area (Å²) in [5, 5.41) is 13.3. The molecule has 2 rings (SSSR count). The molecule has 3 atom stereocenters. The Kier molecular flexibility index (Phi) is 7.06. The summed E-state index contributed by atoms with van der Waals surface area (Å²) in [7, 11) is -0.742. The van der Waals surface area contributed by atoms with Crippen molar-refractivity contribution in [3.63, 3.8) is 0 Å². The van der Waals surface area contributed by atoms with Gasteiger partial charge in [0.05, 0.1) is 6.10 Å². The topological polar surface area (TPSA) is 52.6 Å². The Hall–Kier alpha value is -0.910. The first-order valence-electron chi connectivity index (χ1n) is 8.56. The van der Waals surface area contributed by atoms with Crippen LogP contribution in [0.3, 0.4) is 0 Å². The summed E-state index contributed by atoms with van der Waals surface area (Å²) in [5.74, 6) is 0. The molecule has 4 nitrogen and oxygen atoms in total. The first kappa shape index (κ1) is 18.4. The largest absolute Gasteiger partial charge is 0.393 e. The molecule has 1 aromatic rings. The lowest BCUT2D eigenvalue weighted by atomic mass is 10.0. The van der Waals surface area contributed by atoms with Crippen LogP contribution in [0.5, 0.6) is 0 Å². The molecule has 0 spiro atoms. The molecule has 2 N–H and O–H groups in total. The van der Waals surface area contributed by atoms with Gasteiger partial charge in [-0.3, -0.25) is 4.21 Å². The van der Waals surface area contributed by atoms with Gasteiger partial charge in [0.25, 0.3) is 0 Å². The van der Waals surface area contributed by atoms with Crippen LogP contribution in [0.1, 0.15) is 44.7 Å². The molecular formula is C18H30N2O2S. The fraction of sp³-hybridized carbons (Fsp3) is 0.667. The minimum Gasteiger partial charge on any atom is -0.393 e. The van der Waals surface area contributed by atoms with Crippen molar-refractivity contribution in [2.75, 3.05) is 30.8 Å². The Morgan fingerprint density at radius 3 is 2.43 bits per heavy atom. The average Bonchev–Trinajstić information content (AvgIpc) is 2.55. The first-order valence-corrected chi connectivity index (χ1v) is 10.2. The summed E-state index contributed by atoms with van der Waals surface area (Å²) in [6.07, 6.45) is 4.29. The number of nitrogens with zero attached hydrogens (tertiary/aromatic N) is 1. The van der Waals surface area contributed by atoms with E-state index in [0.29, 0.717) is 6.04 Å². The molecule has 3 unspecified atom stereocenters. The lowest BCUT2D eigenvalue weighted by Crippen LogP contribution is -2.35. The third kappa shape index (κ3) is 5.59. The van der Waals surface area contributed by atoms with Crippen LogP contribution >= 0.6 is 0 Å². The average molecular weight is 339 g/mol. The summed E-state index contributed by atoms with van der Waals surface area (Å²) in [4.78, 5) is 2.34. The Balaban J connectivity index is 1.82. The number of rotatable bonds is 7. The van der Waals surface area contributed by atoms with E-state index in [-0.39, 0.29) is 11.4 Å². The minimum absolute atomic E-state index is 0.130. The van der Waals surface area contributed by atoms with E-state index >= 15 is 0 Å². The molecule has 0 amide bonds. The van der Waals surface area contributed by atoms with Crippen molar-refractivity contribution >= 4 is 16.5 Å². The maximum atomic E-state index is 11.4. The van der Waals surface area contributed by atoms with Crippen molar-refractivity contribution < 1.29 is 9.32 Å². The van der Waals surface area contributed by atoms with Gasteiger partial charge < -0.3 is 15.3 Å². The zero-order valence-corrected chi connectivity index (χ0v) is 15.3. The smallest absolute Gasteiger partial charge is 0.0574 e. The van der Waals surface area contributed by atoms with Gasteiger partial charge in [-0.25, -0.2) is 0 Å². The van der Waals surface area contributed by atoms with Crippen molar-refractivity contribution in [3.05, 3.63) is 29.8 Å². The van der Waals surface area contributed by atoms with E-state index in [1.165, 1.54) is 11.3 Å². The monoisotopic (exact) mass is 338 g/mol. The molecule has 1 aromatic carbocycles. The highest BCUT2D eigenvalue weighted by Crippen LogP contribution is 2.22. The van der Waals surface area contributed by atoms with Crippen molar-refractivity contribution in [2.45, 2.75) is 50.5 Å². The molecule has 23 heavy (non-hydrogen) atoms. The molecule has 0 bridgehead atoms. The van der Waals surface area contributed by atoms with Crippen molar-refractivity contribution in [1.29, 1.82) is 0 Å². The van der Waals surface area contributed by atoms with E-state index in [1.807, 2.05) is 6.92 Å². The second-order valence-corrected chi connectivity index (χ2v) is 8.39. The Bertz CT molecular complexity index is 498. The molecule has 0 aromatic heterocycles. The van der Waals surface area contributed by atoms with Crippen LogP contribution in [0.2, 0.25) is 0 Å². The van der Waals surface area contributed by atoms with Crippen molar-refractivity contribution in [2.24, 2.45) is 0 Å². The van der Waals surface area contributed by atoms with E-state index in [4.69, 9.17) is 0 Å². The zero-order valence-electron chi connectivity index (χ0n) is 14.5. The number of aliphatic hydroxyl groups excluding tert-OH is 1. The van der Waals surface area contributed by atoms with Crippen LogP contribution in [-0.2, 0) is 10.8 Å². The van der Waals surface area contributed by atoms with Gasteiger partial charge in [-0.2, -0.15) is 0 Å². The molecule has 0 radical (unpaired) electrons. The molecule has 0 aliphatic carbocycles. The third-order valence-electron chi connectivity index (χ3n) is 4.79. The highest BCUT2D eigenvalue weighted by atomic mass is 32.2. The van der Waals surface area contributed by atoms with Gasteiger partial charge in [-0.15, -0.1) is 0 Å². The number of hydrogen-bond acceptors (Lipinski definition) is 4. The quantitative estimate of drug-likeness (QED) is 0.802. The molecule has 1 aliphatic heterocycles. The summed E-state index contributed by atoms with van der Waals surface area (Å²) < 4.78 is 11.4. The summed E-state index contributed by atoms with van der Waals surface area (Å²) in [5.41, 5.74) is 2.51. The first-order chi connectivity index (χ1) is 11.0. The van der Waals surface area contributed by atoms with Crippen LogP contribution in [-0.4, -0.2) is 46.6 Å². The second kappa shape index (κ2) is 8.81. The lowest BCUT2D eigenvalue weighted by molar-refractivity contribution is 0.145. The standard InChI is InChI=1S/C18H30N2O2S/c1-14(23(3)22)8-11-19-15(2)16-4-6-17(7-5-16)20-12-9-18(21)10-13-20/h4-7,14-15,18-19,21H,8-13H2,1-3H3. The third-order valence-corrected chi connectivity index (χ3v) is 6.16. The number of aliphatic hydroxyl groups is 1. The molecule has 1 heterocycles. The number of hydrogen-bond donors (Lipinski definition) is 2. The number of nitrogens with one attached hydrogen (secondary N) is 1. The summed E-state index contributed by atoms with van der Waals surface area (Å²) in [6, 6.07) is 9.01. The molecule has 130 valence electrons. The highest BCUT2D eigenvalue weighted by Gasteiger charge is 2.17. The summed E-state index contributed by atoms with van der Waals surface area (Å²) in [6.45, 7) is 6.95. The number of anilines is 1. The van der Waals surface area contributed by atoms with Crippen LogP contribution in [0.4, 0.5) is 5.69 Å². The Morgan fingerprint density at radius 2 is 1.87 bits per heavy atom. The van der Waals surface area contributed by atoms with Gasteiger partial charge in [0.2, 0.25) is 0 Å². The van der Waals surface area contributed by atoms with Crippen molar-refractivity contribution in [3.8, 4) is 0 Å². The summed E-state index contributed by atoms with van der Waals surface area (Å²) >= 11 is 0. The SMILES string of the molecule is CC(NCCC(C)S(C)=O)c1ccc(N2CCC(O)CC2)cc1. The van der Waals surface area contributed by atoms with Crippen LogP contribution in [0.15, 0.2) is 24.3 Å². The van der Waals surface area contributed by atoms with E-state index in [9.17, 15) is 9.32 Å². The fourth-order valence-corrected chi connectivity index (χ4v) is 3.33. The predicted molar refractivity (Wildman–Crippen MR) is 98.5 cm³/mol. The maximum absolute atomic E-state index is 11.4. The van der Waals surface area contributed by atoms with Gasteiger partial charge in [0.1, 0.15) is 0 Å². The maximum Gasteiger partial charge on any atom is 0.0574 e. The zero-order chi connectivity index (χ0) is 16.8. The van der Waals surface area contributed by atoms with Gasteiger partial charge >= 0.3 is 0 Å². The van der Waals surface area contributed by atoms with E-state index in [2.05, 4.69) is 41.4 Å². The van der Waals surface area contributed by atoms with Gasteiger partial charge in [-0.05, 0) is 50.4 Å². The molecule has 0 saturated carbocycles. The van der Waals surface area contributed by atoms with Gasteiger partial charge in [0, 0.05) is 47.1 Å². The highest BCUT2D eigenvalue weighted by molar-refractivity contribution is 7.84. The molecule has 1 saturated heterocycles. The lowest BCUT2D eigenvalue weighted by Gasteiger charge is -2.31. The van der Waals surface area contributed by atoms with E-state index in [1.54, 1.807) is 6.26 Å². The van der Waals surface area contributed by atoms with E-state index in [0.717, 1.165) is 38.9 Å². The number of benzene rings is 1. The number of piperidine rings is 1. The van der Waals surface area contributed by atoms with Crippen LogP contribution in [0, 0.1) is 0 Å². The molecule has 1 fully saturated rings. The van der Waals surface area contributed by atoms with Crippen LogP contribution in [0.25, 0.3) is 0 Å². The fourth-order valence-electron chi connectivity index (χ4n) is 2.88. The Morgan fingerprint density at radius 1 is 1.26 bits per heavy atom. The normalized spacial score (nSPS) is 20.3. The minimum atomic E-state index is -0.742.